The Balaban J connectivity index is 1.41. The second-order valence-electron chi connectivity index (χ2n) is 6.87. The Bertz CT molecular complexity index is 894. The van der Waals surface area contributed by atoms with E-state index < -0.39 is 0 Å². The maximum Gasteiger partial charge on any atom is 0.130 e. The van der Waals surface area contributed by atoms with Gasteiger partial charge in [0, 0.05) is 57.1 Å². The molecule has 0 bridgehead atoms. The minimum atomic E-state index is 0.965. The highest BCUT2D eigenvalue weighted by atomic mass is 32.1. The molecule has 3 aromatic rings. The van der Waals surface area contributed by atoms with Gasteiger partial charge in [-0.3, -0.25) is 0 Å². The van der Waals surface area contributed by atoms with Crippen LogP contribution < -0.4 is 15.1 Å². The third kappa shape index (κ3) is 3.01. The van der Waals surface area contributed by atoms with Gasteiger partial charge in [0.25, 0.3) is 0 Å². The van der Waals surface area contributed by atoms with E-state index >= 15 is 0 Å². The minimum absolute atomic E-state index is 0.965. The number of nitrogens with one attached hydrogen (secondary N) is 1. The van der Waals surface area contributed by atoms with Crippen molar-refractivity contribution in [2.75, 3.05) is 49.1 Å². The van der Waals surface area contributed by atoms with Gasteiger partial charge in [-0.1, -0.05) is 0 Å². The molecule has 3 aromatic heterocycles. The van der Waals surface area contributed by atoms with Crippen molar-refractivity contribution in [3.8, 4) is 10.6 Å². The predicted octanol–water partition coefficient (Wildman–Crippen LogP) is 2.76. The second-order valence-corrected chi connectivity index (χ2v) is 7.90. The second kappa shape index (κ2) is 6.81. The normalized spacial score (nSPS) is 18.0. The molecule has 0 radical (unpaired) electrons. The van der Waals surface area contributed by atoms with Crippen LogP contribution in [0.25, 0.3) is 20.8 Å². The van der Waals surface area contributed by atoms with Gasteiger partial charge < -0.3 is 15.1 Å². The Labute approximate surface area is 156 Å². The van der Waals surface area contributed by atoms with Crippen molar-refractivity contribution < 1.29 is 0 Å². The Hall–Kier alpha value is -2.25. The van der Waals surface area contributed by atoms with Crippen LogP contribution in [0.2, 0.25) is 0 Å². The lowest BCUT2D eigenvalue weighted by atomic mass is 10.3. The van der Waals surface area contributed by atoms with Crippen molar-refractivity contribution in [2.45, 2.75) is 12.8 Å². The number of aromatic nitrogens is 3. The fraction of sp³-hybridized carbons (Fsp3) is 0.421. The van der Waals surface area contributed by atoms with Gasteiger partial charge in [-0.05, 0) is 25.0 Å². The number of hydrogen-bond acceptors (Lipinski definition) is 7. The number of piperazine rings is 1. The lowest BCUT2D eigenvalue weighted by Gasteiger charge is -2.28. The topological polar surface area (TPSA) is 57.2 Å². The third-order valence-electron chi connectivity index (χ3n) is 5.13. The smallest absolute Gasteiger partial charge is 0.130 e. The molecule has 1 N–H and O–H groups in total. The summed E-state index contributed by atoms with van der Waals surface area (Å²) >= 11 is 1.72. The Morgan fingerprint density at radius 3 is 2.42 bits per heavy atom. The summed E-state index contributed by atoms with van der Waals surface area (Å²) in [5.74, 6) is 2.13. The lowest BCUT2D eigenvalue weighted by Crippen LogP contribution is -2.43. The maximum absolute atomic E-state index is 4.77. The zero-order valence-corrected chi connectivity index (χ0v) is 15.5. The molecule has 2 saturated heterocycles. The molecule has 134 valence electrons. The average Bonchev–Trinajstić information content (AvgIpc) is 3.38. The summed E-state index contributed by atoms with van der Waals surface area (Å²) in [5, 5.41) is 4.40. The Morgan fingerprint density at radius 1 is 0.885 bits per heavy atom. The number of rotatable bonds is 3. The van der Waals surface area contributed by atoms with E-state index in [1.54, 1.807) is 11.3 Å². The molecule has 26 heavy (non-hydrogen) atoms. The molecule has 0 atom stereocenters. The van der Waals surface area contributed by atoms with Crippen LogP contribution in [0.3, 0.4) is 0 Å². The molecule has 0 aliphatic carbocycles. The van der Waals surface area contributed by atoms with Gasteiger partial charge in [0.1, 0.15) is 22.2 Å². The van der Waals surface area contributed by atoms with E-state index in [4.69, 9.17) is 4.98 Å². The molecule has 6 nitrogen and oxygen atoms in total. The standard InChI is InChI=1S/C19H22N6S/c1-2-8-24(7-1)17-4-3-14(12-21-17)19-23-15-13-22-18(11-16(15)26-19)25-9-5-20-6-10-25/h3-4,11-13,20H,1-2,5-10H2. The summed E-state index contributed by atoms with van der Waals surface area (Å²) in [4.78, 5) is 18.7. The van der Waals surface area contributed by atoms with Crippen LogP contribution in [-0.4, -0.2) is 54.2 Å². The van der Waals surface area contributed by atoms with Crippen LogP contribution in [0.5, 0.6) is 0 Å². The molecule has 7 heteroatoms. The largest absolute Gasteiger partial charge is 0.357 e. The van der Waals surface area contributed by atoms with E-state index in [2.05, 4.69) is 43.3 Å². The van der Waals surface area contributed by atoms with E-state index in [-0.39, 0.29) is 0 Å². The van der Waals surface area contributed by atoms with Crippen molar-refractivity contribution in [3.63, 3.8) is 0 Å². The van der Waals surface area contributed by atoms with E-state index in [0.717, 1.165) is 67.0 Å². The van der Waals surface area contributed by atoms with Crippen LogP contribution in [0, 0.1) is 0 Å². The number of pyridine rings is 2. The summed E-state index contributed by atoms with van der Waals surface area (Å²) in [6.07, 6.45) is 6.39. The number of hydrogen-bond donors (Lipinski definition) is 1. The van der Waals surface area contributed by atoms with Crippen molar-refractivity contribution in [1.29, 1.82) is 0 Å². The zero-order chi connectivity index (χ0) is 17.3. The van der Waals surface area contributed by atoms with E-state index in [1.165, 1.54) is 17.5 Å². The highest BCUT2D eigenvalue weighted by Crippen LogP contribution is 2.32. The number of nitrogens with zero attached hydrogens (tertiary/aromatic N) is 5. The molecular formula is C19H22N6S. The highest BCUT2D eigenvalue weighted by Gasteiger charge is 2.16. The summed E-state index contributed by atoms with van der Waals surface area (Å²) in [6.45, 7) is 6.28. The third-order valence-corrected chi connectivity index (χ3v) is 6.19. The highest BCUT2D eigenvalue weighted by molar-refractivity contribution is 7.21. The molecule has 5 rings (SSSR count). The van der Waals surface area contributed by atoms with Gasteiger partial charge in [-0.25, -0.2) is 15.0 Å². The van der Waals surface area contributed by atoms with E-state index in [9.17, 15) is 0 Å². The molecule has 0 unspecified atom stereocenters. The molecular weight excluding hydrogens is 344 g/mol. The molecule has 0 spiro atoms. The Kier molecular flexibility index (Phi) is 4.18. The van der Waals surface area contributed by atoms with Gasteiger partial charge in [-0.2, -0.15) is 0 Å². The van der Waals surface area contributed by atoms with E-state index in [0.29, 0.717) is 0 Å². The monoisotopic (exact) mass is 366 g/mol. The lowest BCUT2D eigenvalue weighted by molar-refractivity contribution is 0.585. The first-order valence-corrected chi connectivity index (χ1v) is 10.1. The molecule has 5 heterocycles. The predicted molar refractivity (Wildman–Crippen MR) is 107 cm³/mol. The minimum Gasteiger partial charge on any atom is -0.357 e. The van der Waals surface area contributed by atoms with Gasteiger partial charge in [0.2, 0.25) is 0 Å². The first-order chi connectivity index (χ1) is 12.9. The molecule has 0 aromatic carbocycles. The fourth-order valence-electron chi connectivity index (χ4n) is 3.66. The van der Waals surface area contributed by atoms with Gasteiger partial charge in [0.05, 0.1) is 10.9 Å². The summed E-state index contributed by atoms with van der Waals surface area (Å²) in [5.41, 5.74) is 2.05. The first-order valence-electron chi connectivity index (χ1n) is 9.30. The summed E-state index contributed by atoms with van der Waals surface area (Å²) in [7, 11) is 0. The molecule has 0 saturated carbocycles. The van der Waals surface area contributed by atoms with Crippen molar-refractivity contribution in [2.24, 2.45) is 0 Å². The quantitative estimate of drug-likeness (QED) is 0.769. The molecule has 2 aliphatic rings. The van der Waals surface area contributed by atoms with E-state index in [1.807, 2.05) is 12.4 Å². The van der Waals surface area contributed by atoms with Crippen LogP contribution in [-0.2, 0) is 0 Å². The maximum atomic E-state index is 4.77. The SMILES string of the molecule is c1cc(N2CCCC2)ncc1-c1nc2cnc(N3CCNCC3)cc2s1. The van der Waals surface area contributed by atoms with Crippen LogP contribution >= 0.6 is 11.3 Å². The molecule has 2 fully saturated rings. The molecule has 2 aliphatic heterocycles. The first kappa shape index (κ1) is 16.0. The number of thiazole rings is 1. The number of anilines is 2. The van der Waals surface area contributed by atoms with Crippen LogP contribution in [0.15, 0.2) is 30.6 Å². The van der Waals surface area contributed by atoms with Crippen molar-refractivity contribution >= 4 is 33.2 Å². The average molecular weight is 366 g/mol. The summed E-state index contributed by atoms with van der Waals surface area (Å²) in [6, 6.07) is 6.44. The van der Waals surface area contributed by atoms with Crippen molar-refractivity contribution in [1.82, 2.24) is 20.3 Å². The van der Waals surface area contributed by atoms with Gasteiger partial charge >= 0.3 is 0 Å². The Morgan fingerprint density at radius 2 is 1.65 bits per heavy atom. The summed E-state index contributed by atoms with van der Waals surface area (Å²) < 4.78 is 1.19. The number of fused-ring (bicyclic) bond motifs is 1. The molecule has 0 amide bonds. The van der Waals surface area contributed by atoms with Crippen LogP contribution in [0.4, 0.5) is 11.6 Å². The van der Waals surface area contributed by atoms with Crippen LogP contribution in [0.1, 0.15) is 12.8 Å². The zero-order valence-electron chi connectivity index (χ0n) is 14.7. The van der Waals surface area contributed by atoms with Gasteiger partial charge in [0.15, 0.2) is 0 Å². The van der Waals surface area contributed by atoms with Crippen molar-refractivity contribution in [3.05, 3.63) is 30.6 Å². The van der Waals surface area contributed by atoms with Gasteiger partial charge in [-0.15, -0.1) is 11.3 Å². The fourth-order valence-corrected chi connectivity index (χ4v) is 4.62.